The molecule has 1 aliphatic heterocycles. The quantitative estimate of drug-likeness (QED) is 0.440. The highest BCUT2D eigenvalue weighted by atomic mass is 16.6. The fraction of sp³-hybridized carbons (Fsp3) is 0.412. The van der Waals surface area contributed by atoms with Gasteiger partial charge in [-0.3, -0.25) is 10.1 Å². The third-order valence-electron chi connectivity index (χ3n) is 3.84. The second-order valence-corrected chi connectivity index (χ2v) is 6.06. The van der Waals surface area contributed by atoms with Gasteiger partial charge in [-0.25, -0.2) is 9.59 Å². The zero-order valence-electron chi connectivity index (χ0n) is 15.6. The highest BCUT2D eigenvalue weighted by Crippen LogP contribution is 2.41. The van der Waals surface area contributed by atoms with Gasteiger partial charge in [0.15, 0.2) is 5.75 Å². The van der Waals surface area contributed by atoms with Crippen LogP contribution in [0.15, 0.2) is 23.4 Å². The Balaban J connectivity index is 2.64. The maximum atomic E-state index is 12.5. The van der Waals surface area contributed by atoms with Gasteiger partial charge < -0.3 is 24.8 Å². The van der Waals surface area contributed by atoms with Gasteiger partial charge in [-0.05, 0) is 32.4 Å². The van der Waals surface area contributed by atoms with Crippen LogP contribution in [-0.4, -0.2) is 37.2 Å². The lowest BCUT2D eigenvalue weighted by molar-refractivity contribution is -0.385. The number of rotatable bonds is 6. The number of nitro benzene ring substituents is 1. The van der Waals surface area contributed by atoms with Gasteiger partial charge in [0.2, 0.25) is 5.75 Å². The van der Waals surface area contributed by atoms with Gasteiger partial charge in [-0.2, -0.15) is 0 Å². The number of carbonyl (C=O) groups excluding carboxylic acids is 2. The Labute approximate surface area is 155 Å². The molecule has 1 unspecified atom stereocenters. The number of urea groups is 1. The van der Waals surface area contributed by atoms with E-state index in [4.69, 9.17) is 14.2 Å². The molecule has 0 saturated carbocycles. The number of nitro groups is 1. The van der Waals surface area contributed by atoms with E-state index < -0.39 is 23.0 Å². The lowest BCUT2D eigenvalue weighted by atomic mass is 9.94. The molecule has 1 aromatic rings. The number of benzene rings is 1. The SMILES string of the molecule is COc1cc(C2NC(=O)NC(C)=C2C(=O)OC(C)C)cc([N+](=O)[O-])c1OC. The van der Waals surface area contributed by atoms with Crippen molar-refractivity contribution in [2.75, 3.05) is 14.2 Å². The predicted molar refractivity (Wildman–Crippen MR) is 94.5 cm³/mol. The second-order valence-electron chi connectivity index (χ2n) is 6.06. The maximum absolute atomic E-state index is 12.5. The smallest absolute Gasteiger partial charge is 0.338 e. The molecular weight excluding hydrogens is 358 g/mol. The Morgan fingerprint density at radius 1 is 1.26 bits per heavy atom. The van der Waals surface area contributed by atoms with Crippen molar-refractivity contribution in [2.45, 2.75) is 32.9 Å². The molecule has 0 radical (unpaired) electrons. The standard InChI is InChI=1S/C17H21N3O7/c1-8(2)27-16(21)13-9(3)18-17(22)19-14(13)10-6-11(20(23)24)15(26-5)12(7-10)25-4/h6-8,14H,1-5H3,(H2,18,19,22). The number of hydrogen-bond donors (Lipinski definition) is 2. The van der Waals surface area contributed by atoms with Gasteiger partial charge in [-0.15, -0.1) is 0 Å². The first-order valence-electron chi connectivity index (χ1n) is 8.09. The highest BCUT2D eigenvalue weighted by molar-refractivity contribution is 5.95. The summed E-state index contributed by atoms with van der Waals surface area (Å²) in [6, 6.07) is 1.20. The molecular formula is C17H21N3O7. The van der Waals surface area contributed by atoms with Crippen LogP contribution in [0.25, 0.3) is 0 Å². The van der Waals surface area contributed by atoms with Gasteiger partial charge in [0.1, 0.15) is 0 Å². The summed E-state index contributed by atoms with van der Waals surface area (Å²) in [6.07, 6.45) is -0.379. The summed E-state index contributed by atoms with van der Waals surface area (Å²) in [5.74, 6) is -0.598. The minimum Gasteiger partial charge on any atom is -0.493 e. The number of allylic oxidation sites excluding steroid dienone is 1. The number of hydrogen-bond acceptors (Lipinski definition) is 7. The second kappa shape index (κ2) is 7.94. The number of esters is 1. The minimum atomic E-state index is -0.955. The topological polar surface area (TPSA) is 129 Å². The molecule has 1 heterocycles. The van der Waals surface area contributed by atoms with E-state index >= 15 is 0 Å². The maximum Gasteiger partial charge on any atom is 0.338 e. The van der Waals surface area contributed by atoms with Crippen molar-refractivity contribution >= 4 is 17.7 Å². The van der Waals surface area contributed by atoms with E-state index in [0.717, 1.165) is 0 Å². The Hall–Kier alpha value is -3.30. The van der Waals surface area contributed by atoms with Crippen molar-refractivity contribution in [3.05, 3.63) is 39.1 Å². The fourth-order valence-electron chi connectivity index (χ4n) is 2.76. The molecule has 0 bridgehead atoms. The number of nitrogens with zero attached hydrogens (tertiary/aromatic N) is 1. The average Bonchev–Trinajstić information content (AvgIpc) is 2.58. The van der Waals surface area contributed by atoms with Gasteiger partial charge in [-0.1, -0.05) is 0 Å². The lowest BCUT2D eigenvalue weighted by Gasteiger charge is -2.28. The molecule has 0 aromatic heterocycles. The third-order valence-corrected chi connectivity index (χ3v) is 3.84. The predicted octanol–water partition coefficient (Wildman–Crippen LogP) is 2.19. The largest absolute Gasteiger partial charge is 0.493 e. The van der Waals surface area contributed by atoms with E-state index in [-0.39, 0.29) is 34.4 Å². The van der Waals surface area contributed by atoms with Crippen molar-refractivity contribution in [3.63, 3.8) is 0 Å². The number of nitrogens with one attached hydrogen (secondary N) is 2. The van der Waals surface area contributed by atoms with Crippen molar-refractivity contribution in [1.82, 2.24) is 10.6 Å². The van der Waals surface area contributed by atoms with Crippen LogP contribution in [-0.2, 0) is 9.53 Å². The summed E-state index contributed by atoms with van der Waals surface area (Å²) in [4.78, 5) is 35.3. The van der Waals surface area contributed by atoms with Crippen LogP contribution in [0.5, 0.6) is 11.5 Å². The first kappa shape index (κ1) is 20.0. The van der Waals surface area contributed by atoms with Crippen molar-refractivity contribution in [1.29, 1.82) is 0 Å². The summed E-state index contributed by atoms with van der Waals surface area (Å²) in [5, 5.41) is 16.5. The molecule has 10 heteroatoms. The zero-order valence-corrected chi connectivity index (χ0v) is 15.6. The Morgan fingerprint density at radius 2 is 1.93 bits per heavy atom. The number of carbonyl (C=O) groups is 2. The summed E-state index contributed by atoms with van der Waals surface area (Å²) in [6.45, 7) is 4.94. The molecule has 2 rings (SSSR count). The first-order valence-corrected chi connectivity index (χ1v) is 8.09. The Kier molecular flexibility index (Phi) is 5.88. The van der Waals surface area contributed by atoms with E-state index in [0.29, 0.717) is 5.70 Å². The molecule has 2 amide bonds. The molecule has 0 saturated heterocycles. The highest BCUT2D eigenvalue weighted by Gasteiger charge is 2.35. The van der Waals surface area contributed by atoms with Crippen molar-refractivity contribution in [2.24, 2.45) is 0 Å². The Morgan fingerprint density at radius 3 is 2.44 bits per heavy atom. The summed E-state index contributed by atoms with van der Waals surface area (Å²) in [7, 11) is 2.62. The van der Waals surface area contributed by atoms with Crippen LogP contribution in [0.4, 0.5) is 10.5 Å². The summed E-state index contributed by atoms with van der Waals surface area (Å²) in [5.41, 5.74) is 0.370. The Bertz CT molecular complexity index is 817. The van der Waals surface area contributed by atoms with Crippen LogP contribution < -0.4 is 20.1 Å². The van der Waals surface area contributed by atoms with Gasteiger partial charge in [0, 0.05) is 11.8 Å². The third kappa shape index (κ3) is 4.10. The van der Waals surface area contributed by atoms with E-state index in [1.807, 2.05) is 0 Å². The molecule has 0 aliphatic carbocycles. The van der Waals surface area contributed by atoms with Crippen molar-refractivity contribution in [3.8, 4) is 11.5 Å². The zero-order chi connectivity index (χ0) is 20.3. The molecule has 27 heavy (non-hydrogen) atoms. The lowest BCUT2D eigenvalue weighted by Crippen LogP contribution is -2.45. The minimum absolute atomic E-state index is 0.0569. The molecule has 1 atom stereocenters. The average molecular weight is 379 g/mol. The van der Waals surface area contributed by atoms with E-state index in [1.165, 1.54) is 26.4 Å². The monoisotopic (exact) mass is 379 g/mol. The summed E-state index contributed by atoms with van der Waals surface area (Å²) < 4.78 is 15.5. The summed E-state index contributed by atoms with van der Waals surface area (Å²) >= 11 is 0. The van der Waals surface area contributed by atoms with E-state index in [1.54, 1.807) is 20.8 Å². The molecule has 1 aliphatic rings. The number of ether oxygens (including phenoxy) is 3. The molecule has 2 N–H and O–H groups in total. The first-order chi connectivity index (χ1) is 12.7. The van der Waals surface area contributed by atoms with Gasteiger partial charge in [0.05, 0.1) is 36.9 Å². The van der Waals surface area contributed by atoms with Crippen LogP contribution >= 0.6 is 0 Å². The molecule has 1 aromatic carbocycles. The van der Waals surface area contributed by atoms with Crippen LogP contribution in [0.3, 0.4) is 0 Å². The van der Waals surface area contributed by atoms with Crippen molar-refractivity contribution < 1.29 is 28.7 Å². The number of methoxy groups -OCH3 is 2. The molecule has 0 fully saturated rings. The van der Waals surface area contributed by atoms with Gasteiger partial charge in [0.25, 0.3) is 0 Å². The van der Waals surface area contributed by atoms with E-state index in [9.17, 15) is 19.7 Å². The fourth-order valence-corrected chi connectivity index (χ4v) is 2.76. The van der Waals surface area contributed by atoms with Crippen LogP contribution in [0, 0.1) is 10.1 Å². The van der Waals surface area contributed by atoms with Gasteiger partial charge >= 0.3 is 17.7 Å². The van der Waals surface area contributed by atoms with Crippen LogP contribution in [0.1, 0.15) is 32.4 Å². The molecule has 10 nitrogen and oxygen atoms in total. The molecule has 146 valence electrons. The van der Waals surface area contributed by atoms with E-state index in [2.05, 4.69) is 10.6 Å². The normalized spacial score (nSPS) is 16.5. The molecule has 0 spiro atoms. The number of amides is 2. The van der Waals surface area contributed by atoms with Crippen LogP contribution in [0.2, 0.25) is 0 Å².